The number of rotatable bonds is 2. The molecule has 0 aliphatic heterocycles. The second-order valence-corrected chi connectivity index (χ2v) is 3.03. The maximum absolute atomic E-state index is 10.6. The molecule has 0 fully saturated rings. The molecule has 0 aliphatic rings. The van der Waals surface area contributed by atoms with Crippen LogP contribution >= 0.6 is 23.3 Å². The van der Waals surface area contributed by atoms with Crippen molar-refractivity contribution < 1.29 is 4.79 Å². The van der Waals surface area contributed by atoms with E-state index in [9.17, 15) is 4.79 Å². The molecule has 0 aliphatic carbocycles. The van der Waals surface area contributed by atoms with Gasteiger partial charge in [-0.2, -0.15) is 4.37 Å². The summed E-state index contributed by atoms with van der Waals surface area (Å²) in [6.45, 7) is 0. The van der Waals surface area contributed by atoms with Gasteiger partial charge in [0.1, 0.15) is 5.03 Å². The first kappa shape index (κ1) is 7.56. The van der Waals surface area contributed by atoms with Gasteiger partial charge in [-0.3, -0.25) is 4.79 Å². The molecule has 54 valence electrons. The van der Waals surface area contributed by atoms with Gasteiger partial charge in [0.15, 0.2) is 0 Å². The first-order chi connectivity index (χ1) is 4.75. The van der Waals surface area contributed by atoms with Crippen molar-refractivity contribution in [2.45, 2.75) is 5.03 Å². The molecular formula is C5H6N2OS2. The number of nitrogens with two attached hydrogens (primary N) is 1. The van der Waals surface area contributed by atoms with Gasteiger partial charge in [0.2, 0.25) is 0 Å². The lowest BCUT2D eigenvalue weighted by atomic mass is 10.4. The lowest BCUT2D eigenvalue weighted by Gasteiger charge is -1.90. The Morgan fingerprint density at radius 1 is 1.90 bits per heavy atom. The SMILES string of the molecule is CSc1nscc1C(N)=O. The van der Waals surface area contributed by atoms with Crippen LogP contribution in [0.3, 0.4) is 0 Å². The van der Waals surface area contributed by atoms with Crippen molar-refractivity contribution in [1.82, 2.24) is 4.37 Å². The smallest absolute Gasteiger partial charge is 0.252 e. The largest absolute Gasteiger partial charge is 0.365 e. The number of thioether (sulfide) groups is 1. The van der Waals surface area contributed by atoms with E-state index in [2.05, 4.69) is 4.37 Å². The normalized spacial score (nSPS) is 9.70. The number of aromatic nitrogens is 1. The third kappa shape index (κ3) is 1.30. The topological polar surface area (TPSA) is 56.0 Å². The van der Waals surface area contributed by atoms with Crippen molar-refractivity contribution in [2.24, 2.45) is 5.73 Å². The van der Waals surface area contributed by atoms with Crippen molar-refractivity contribution in [3.8, 4) is 0 Å². The highest BCUT2D eigenvalue weighted by atomic mass is 32.2. The zero-order valence-electron chi connectivity index (χ0n) is 5.33. The van der Waals surface area contributed by atoms with Gasteiger partial charge in [0, 0.05) is 5.38 Å². The summed E-state index contributed by atoms with van der Waals surface area (Å²) in [5.41, 5.74) is 5.57. The van der Waals surface area contributed by atoms with Crippen LogP contribution in [0.25, 0.3) is 0 Å². The van der Waals surface area contributed by atoms with Gasteiger partial charge in [0.05, 0.1) is 5.56 Å². The summed E-state index contributed by atoms with van der Waals surface area (Å²) in [4.78, 5) is 10.6. The second kappa shape index (κ2) is 3.03. The minimum atomic E-state index is -0.405. The predicted molar refractivity (Wildman–Crippen MR) is 42.4 cm³/mol. The van der Waals surface area contributed by atoms with E-state index >= 15 is 0 Å². The summed E-state index contributed by atoms with van der Waals surface area (Å²) in [5.74, 6) is -0.405. The molecule has 3 nitrogen and oxygen atoms in total. The molecule has 0 saturated carbocycles. The Bertz CT molecular complexity index is 246. The fourth-order valence-electron chi connectivity index (χ4n) is 0.537. The molecule has 1 aromatic rings. The van der Waals surface area contributed by atoms with Crippen molar-refractivity contribution >= 4 is 29.2 Å². The Morgan fingerprint density at radius 2 is 2.60 bits per heavy atom. The van der Waals surface area contributed by atoms with Crippen molar-refractivity contribution in [2.75, 3.05) is 6.26 Å². The van der Waals surface area contributed by atoms with Crippen LogP contribution in [0.1, 0.15) is 10.4 Å². The highest BCUT2D eigenvalue weighted by molar-refractivity contribution is 7.98. The van der Waals surface area contributed by atoms with Gasteiger partial charge in [-0.15, -0.1) is 11.8 Å². The summed E-state index contributed by atoms with van der Waals surface area (Å²) >= 11 is 2.68. The molecule has 1 aromatic heterocycles. The van der Waals surface area contributed by atoms with Gasteiger partial charge in [0.25, 0.3) is 5.91 Å². The molecule has 1 rings (SSSR count). The summed E-state index contributed by atoms with van der Waals surface area (Å²) in [6.07, 6.45) is 1.86. The molecule has 1 amide bonds. The number of primary amides is 1. The van der Waals surface area contributed by atoms with Crippen LogP contribution in [-0.2, 0) is 0 Å². The zero-order valence-corrected chi connectivity index (χ0v) is 6.96. The molecule has 0 saturated heterocycles. The Kier molecular flexibility index (Phi) is 2.29. The van der Waals surface area contributed by atoms with Crippen molar-refractivity contribution in [3.05, 3.63) is 10.9 Å². The van der Waals surface area contributed by atoms with Crippen LogP contribution in [0, 0.1) is 0 Å². The average molecular weight is 174 g/mol. The standard InChI is InChI=1S/C5H6N2OS2/c1-9-5-3(4(6)8)2-10-7-5/h2H,1H3,(H2,6,8). The Morgan fingerprint density at radius 3 is 3.00 bits per heavy atom. The highest BCUT2D eigenvalue weighted by Crippen LogP contribution is 2.19. The third-order valence-electron chi connectivity index (χ3n) is 0.995. The quantitative estimate of drug-likeness (QED) is 0.679. The molecule has 2 N–H and O–H groups in total. The number of hydrogen-bond acceptors (Lipinski definition) is 4. The van der Waals surface area contributed by atoms with Crippen LogP contribution in [0.5, 0.6) is 0 Å². The molecule has 0 radical (unpaired) electrons. The van der Waals surface area contributed by atoms with E-state index in [4.69, 9.17) is 5.73 Å². The fraction of sp³-hybridized carbons (Fsp3) is 0.200. The zero-order chi connectivity index (χ0) is 7.56. The fourth-order valence-corrected chi connectivity index (χ4v) is 2.00. The maximum atomic E-state index is 10.6. The molecule has 5 heteroatoms. The van der Waals surface area contributed by atoms with E-state index in [1.807, 2.05) is 6.26 Å². The van der Waals surface area contributed by atoms with E-state index in [0.717, 1.165) is 5.03 Å². The highest BCUT2D eigenvalue weighted by Gasteiger charge is 2.08. The minimum Gasteiger partial charge on any atom is -0.365 e. The van der Waals surface area contributed by atoms with E-state index in [0.29, 0.717) is 5.56 Å². The van der Waals surface area contributed by atoms with Crippen LogP contribution in [0.2, 0.25) is 0 Å². The van der Waals surface area contributed by atoms with Gasteiger partial charge in [-0.1, -0.05) is 0 Å². The van der Waals surface area contributed by atoms with Gasteiger partial charge in [-0.25, -0.2) is 0 Å². The van der Waals surface area contributed by atoms with E-state index in [1.165, 1.54) is 23.3 Å². The first-order valence-corrected chi connectivity index (χ1v) is 4.60. The summed E-state index contributed by atoms with van der Waals surface area (Å²) in [6, 6.07) is 0. The van der Waals surface area contributed by atoms with Gasteiger partial charge in [-0.05, 0) is 17.8 Å². The minimum absolute atomic E-state index is 0.405. The molecule has 0 aromatic carbocycles. The number of nitrogens with zero attached hydrogens (tertiary/aromatic N) is 1. The lowest BCUT2D eigenvalue weighted by Crippen LogP contribution is -2.10. The van der Waals surface area contributed by atoms with Crippen LogP contribution < -0.4 is 5.73 Å². The summed E-state index contributed by atoms with van der Waals surface area (Å²) in [7, 11) is 0. The molecule has 0 atom stereocenters. The first-order valence-electron chi connectivity index (χ1n) is 2.54. The molecule has 10 heavy (non-hydrogen) atoms. The monoisotopic (exact) mass is 174 g/mol. The molecule has 0 bridgehead atoms. The summed E-state index contributed by atoms with van der Waals surface area (Å²) in [5, 5.41) is 2.38. The number of carbonyl (C=O) groups is 1. The molecule has 0 unspecified atom stereocenters. The average Bonchev–Trinajstić information content (AvgIpc) is 2.33. The van der Waals surface area contributed by atoms with Crippen LogP contribution in [0.4, 0.5) is 0 Å². The van der Waals surface area contributed by atoms with Crippen LogP contribution in [0.15, 0.2) is 10.4 Å². The number of amides is 1. The van der Waals surface area contributed by atoms with Crippen molar-refractivity contribution in [3.63, 3.8) is 0 Å². The Labute approximate surface area is 66.8 Å². The maximum Gasteiger partial charge on any atom is 0.252 e. The number of hydrogen-bond donors (Lipinski definition) is 1. The second-order valence-electron chi connectivity index (χ2n) is 1.60. The predicted octanol–water partition coefficient (Wildman–Crippen LogP) is 0.964. The Balaban J connectivity index is 3.01. The van der Waals surface area contributed by atoms with Gasteiger partial charge >= 0.3 is 0 Å². The van der Waals surface area contributed by atoms with Crippen LogP contribution in [-0.4, -0.2) is 16.5 Å². The Hall–Kier alpha value is -0.550. The van der Waals surface area contributed by atoms with Crippen molar-refractivity contribution in [1.29, 1.82) is 0 Å². The molecule has 1 heterocycles. The van der Waals surface area contributed by atoms with E-state index in [-0.39, 0.29) is 0 Å². The number of carbonyl (C=O) groups excluding carboxylic acids is 1. The summed E-state index contributed by atoms with van der Waals surface area (Å²) < 4.78 is 3.96. The lowest BCUT2D eigenvalue weighted by molar-refractivity contribution is 0.0997. The van der Waals surface area contributed by atoms with E-state index < -0.39 is 5.91 Å². The molecular weight excluding hydrogens is 168 g/mol. The van der Waals surface area contributed by atoms with E-state index in [1.54, 1.807) is 5.38 Å². The molecule has 0 spiro atoms. The van der Waals surface area contributed by atoms with Gasteiger partial charge < -0.3 is 5.73 Å². The third-order valence-corrected chi connectivity index (χ3v) is 2.44.